The molecule has 1 aromatic heterocycles. The minimum Gasteiger partial charge on any atom is -0.387 e. The Kier molecular flexibility index (Phi) is 3.50. The van der Waals surface area contributed by atoms with Crippen LogP contribution in [0.25, 0.3) is 11.0 Å². The van der Waals surface area contributed by atoms with Gasteiger partial charge in [0.2, 0.25) is 0 Å². The number of rotatable bonds is 4. The summed E-state index contributed by atoms with van der Waals surface area (Å²) in [7, 11) is 0. The highest BCUT2D eigenvalue weighted by Gasteiger charge is 2.08. The number of aromatic amines is 1. The monoisotopic (exact) mass is 267 g/mol. The van der Waals surface area contributed by atoms with E-state index >= 15 is 0 Å². The van der Waals surface area contributed by atoms with Gasteiger partial charge < -0.3 is 15.8 Å². The number of aromatic nitrogens is 2. The minimum absolute atomic E-state index is 0.219. The maximum Gasteiger partial charge on any atom is 0.111 e. The number of aliphatic hydroxyl groups is 1. The smallest absolute Gasteiger partial charge is 0.111 e. The van der Waals surface area contributed by atoms with Gasteiger partial charge in [0.05, 0.1) is 17.1 Å². The number of benzene rings is 2. The van der Waals surface area contributed by atoms with Gasteiger partial charge in [0.15, 0.2) is 0 Å². The van der Waals surface area contributed by atoms with Gasteiger partial charge in [0.1, 0.15) is 5.82 Å². The number of hydrogen-bond donors (Lipinski definition) is 3. The van der Waals surface area contributed by atoms with Crippen LogP contribution in [-0.4, -0.2) is 21.6 Å². The Morgan fingerprint density at radius 3 is 2.70 bits per heavy atom. The van der Waals surface area contributed by atoms with Crippen molar-refractivity contribution in [1.82, 2.24) is 9.97 Å². The minimum atomic E-state index is -0.625. The van der Waals surface area contributed by atoms with E-state index in [1.54, 1.807) is 0 Å². The van der Waals surface area contributed by atoms with Crippen LogP contribution >= 0.6 is 0 Å². The first kappa shape index (κ1) is 12.8. The first-order valence-corrected chi connectivity index (χ1v) is 6.67. The molecule has 0 aliphatic carbocycles. The highest BCUT2D eigenvalue weighted by molar-refractivity contribution is 5.76. The number of fused-ring (bicyclic) bond motifs is 1. The van der Waals surface area contributed by atoms with Gasteiger partial charge in [-0.2, -0.15) is 0 Å². The molecule has 0 saturated carbocycles. The zero-order chi connectivity index (χ0) is 13.9. The molecule has 4 nitrogen and oxygen atoms in total. The van der Waals surface area contributed by atoms with Gasteiger partial charge in [-0.15, -0.1) is 0 Å². The number of H-pyrrole nitrogens is 1. The second-order valence-electron chi connectivity index (χ2n) is 4.87. The molecule has 1 heterocycles. The van der Waals surface area contributed by atoms with Crippen LogP contribution in [-0.2, 0) is 6.42 Å². The lowest BCUT2D eigenvalue weighted by Gasteiger charge is -2.06. The Bertz CT molecular complexity index is 706. The van der Waals surface area contributed by atoms with Gasteiger partial charge in [-0.25, -0.2) is 4.98 Å². The molecular weight excluding hydrogens is 250 g/mol. The Morgan fingerprint density at radius 2 is 1.95 bits per heavy atom. The normalized spacial score (nSPS) is 12.7. The molecule has 0 aliphatic heterocycles. The first-order valence-electron chi connectivity index (χ1n) is 6.67. The molecule has 1 atom stereocenters. The lowest BCUT2D eigenvalue weighted by molar-refractivity contribution is 0.187. The van der Waals surface area contributed by atoms with E-state index < -0.39 is 6.10 Å². The van der Waals surface area contributed by atoms with Crippen molar-refractivity contribution in [2.75, 3.05) is 6.54 Å². The van der Waals surface area contributed by atoms with Crippen LogP contribution < -0.4 is 5.73 Å². The lowest BCUT2D eigenvalue weighted by atomic mass is 10.1. The fourth-order valence-corrected chi connectivity index (χ4v) is 2.30. The van der Waals surface area contributed by atoms with Crippen molar-refractivity contribution in [3.63, 3.8) is 0 Å². The summed E-state index contributed by atoms with van der Waals surface area (Å²) in [5.41, 5.74) is 9.35. The SMILES string of the molecule is NCC(O)c1ccc2nc(Cc3ccccc3)[nH]c2c1. The molecule has 0 saturated heterocycles. The molecule has 102 valence electrons. The predicted molar refractivity (Wildman–Crippen MR) is 79.4 cm³/mol. The summed E-state index contributed by atoms with van der Waals surface area (Å²) in [5.74, 6) is 0.922. The van der Waals surface area contributed by atoms with E-state index in [0.29, 0.717) is 0 Å². The number of imidazole rings is 1. The Balaban J connectivity index is 1.90. The van der Waals surface area contributed by atoms with Crippen LogP contribution in [0.15, 0.2) is 48.5 Å². The first-order chi connectivity index (χ1) is 9.76. The van der Waals surface area contributed by atoms with Gasteiger partial charge in [0, 0.05) is 13.0 Å². The zero-order valence-electron chi connectivity index (χ0n) is 11.1. The maximum absolute atomic E-state index is 9.77. The van der Waals surface area contributed by atoms with Crippen molar-refractivity contribution in [3.8, 4) is 0 Å². The van der Waals surface area contributed by atoms with E-state index in [1.165, 1.54) is 5.56 Å². The summed E-state index contributed by atoms with van der Waals surface area (Å²) in [6.45, 7) is 0.219. The zero-order valence-corrected chi connectivity index (χ0v) is 11.1. The standard InChI is InChI=1S/C16H17N3O/c17-10-15(20)12-6-7-13-14(9-12)19-16(18-13)8-11-4-2-1-3-5-11/h1-7,9,15,20H,8,10,17H2,(H,18,19). The van der Waals surface area contributed by atoms with Crippen molar-refractivity contribution in [2.45, 2.75) is 12.5 Å². The van der Waals surface area contributed by atoms with E-state index in [-0.39, 0.29) is 6.54 Å². The number of nitrogens with zero attached hydrogens (tertiary/aromatic N) is 1. The summed E-state index contributed by atoms with van der Waals surface area (Å²) < 4.78 is 0. The molecule has 0 fully saturated rings. The Labute approximate surface area is 117 Å². The third kappa shape index (κ3) is 2.57. The highest BCUT2D eigenvalue weighted by Crippen LogP contribution is 2.19. The highest BCUT2D eigenvalue weighted by atomic mass is 16.3. The van der Waals surface area contributed by atoms with Crippen molar-refractivity contribution in [3.05, 3.63) is 65.5 Å². The van der Waals surface area contributed by atoms with Gasteiger partial charge in [-0.1, -0.05) is 36.4 Å². The van der Waals surface area contributed by atoms with E-state index in [0.717, 1.165) is 28.8 Å². The fraction of sp³-hybridized carbons (Fsp3) is 0.188. The van der Waals surface area contributed by atoms with Crippen molar-refractivity contribution >= 4 is 11.0 Å². The third-order valence-corrected chi connectivity index (χ3v) is 3.38. The van der Waals surface area contributed by atoms with Crippen LogP contribution in [0.1, 0.15) is 23.1 Å². The summed E-state index contributed by atoms with van der Waals surface area (Å²) in [4.78, 5) is 7.87. The molecule has 0 radical (unpaired) electrons. The average molecular weight is 267 g/mol. The maximum atomic E-state index is 9.77. The summed E-state index contributed by atoms with van der Waals surface area (Å²) in [6, 6.07) is 15.9. The fourth-order valence-electron chi connectivity index (χ4n) is 2.30. The van der Waals surface area contributed by atoms with E-state index in [4.69, 9.17) is 5.73 Å². The molecule has 0 spiro atoms. The van der Waals surface area contributed by atoms with E-state index in [1.807, 2.05) is 36.4 Å². The summed E-state index contributed by atoms with van der Waals surface area (Å²) in [5, 5.41) is 9.77. The average Bonchev–Trinajstić information content (AvgIpc) is 2.88. The van der Waals surface area contributed by atoms with Crippen LogP contribution in [0.2, 0.25) is 0 Å². The topological polar surface area (TPSA) is 74.9 Å². The quantitative estimate of drug-likeness (QED) is 0.678. The Morgan fingerprint density at radius 1 is 1.15 bits per heavy atom. The molecule has 0 bridgehead atoms. The van der Waals surface area contributed by atoms with E-state index in [2.05, 4.69) is 22.1 Å². The molecule has 0 aliphatic rings. The summed E-state index contributed by atoms with van der Waals surface area (Å²) in [6.07, 6.45) is 0.143. The number of hydrogen-bond acceptors (Lipinski definition) is 3. The molecule has 0 amide bonds. The molecule has 3 aromatic rings. The molecule has 4 heteroatoms. The second-order valence-corrected chi connectivity index (χ2v) is 4.87. The van der Waals surface area contributed by atoms with E-state index in [9.17, 15) is 5.11 Å². The van der Waals surface area contributed by atoms with Crippen LogP contribution in [0.5, 0.6) is 0 Å². The molecule has 2 aromatic carbocycles. The Hall–Kier alpha value is -2.17. The van der Waals surface area contributed by atoms with Crippen molar-refractivity contribution in [2.24, 2.45) is 5.73 Å². The van der Waals surface area contributed by atoms with Gasteiger partial charge >= 0.3 is 0 Å². The van der Waals surface area contributed by atoms with Crippen molar-refractivity contribution in [1.29, 1.82) is 0 Å². The molecule has 4 N–H and O–H groups in total. The second kappa shape index (κ2) is 5.45. The third-order valence-electron chi connectivity index (χ3n) is 3.38. The van der Waals surface area contributed by atoms with Crippen LogP contribution in [0.3, 0.4) is 0 Å². The molecular formula is C16H17N3O. The van der Waals surface area contributed by atoms with Crippen LogP contribution in [0.4, 0.5) is 0 Å². The summed E-state index contributed by atoms with van der Waals surface area (Å²) >= 11 is 0. The largest absolute Gasteiger partial charge is 0.387 e. The molecule has 1 unspecified atom stereocenters. The van der Waals surface area contributed by atoms with Crippen LogP contribution in [0, 0.1) is 0 Å². The molecule has 3 rings (SSSR count). The lowest BCUT2D eigenvalue weighted by Crippen LogP contribution is -2.11. The number of nitrogens with one attached hydrogen (secondary N) is 1. The molecule has 20 heavy (non-hydrogen) atoms. The van der Waals surface area contributed by atoms with Gasteiger partial charge in [0.25, 0.3) is 0 Å². The number of nitrogens with two attached hydrogens (primary N) is 1. The number of aliphatic hydroxyl groups excluding tert-OH is 1. The predicted octanol–water partition coefficient (Wildman–Crippen LogP) is 2.15. The van der Waals surface area contributed by atoms with Gasteiger partial charge in [-0.3, -0.25) is 0 Å². The van der Waals surface area contributed by atoms with Gasteiger partial charge in [-0.05, 0) is 23.3 Å². The van der Waals surface area contributed by atoms with Crippen molar-refractivity contribution < 1.29 is 5.11 Å².